The molecule has 0 heterocycles. The zero-order valence-electron chi connectivity index (χ0n) is 9.41. The van der Waals surface area contributed by atoms with Crippen LogP contribution < -0.4 is 5.73 Å². The van der Waals surface area contributed by atoms with E-state index in [4.69, 9.17) is 5.73 Å². The maximum absolute atomic E-state index is 13.5. The molecule has 3 N–H and O–H groups in total. The minimum Gasteiger partial charge on any atom is -0.508 e. The third-order valence-electron chi connectivity index (χ3n) is 2.50. The Hall–Kier alpha value is -1.69. The maximum Gasteiger partial charge on any atom is 0.336 e. The Balaban J connectivity index is 3.40. The highest BCUT2D eigenvalue weighted by Crippen LogP contribution is 2.37. The van der Waals surface area contributed by atoms with Crippen molar-refractivity contribution in [2.24, 2.45) is 5.73 Å². The van der Waals surface area contributed by atoms with Gasteiger partial charge in [0.25, 0.3) is 5.92 Å². The predicted molar refractivity (Wildman–Crippen MR) is 56.6 cm³/mol. The van der Waals surface area contributed by atoms with E-state index in [9.17, 15) is 18.7 Å². The molecule has 0 radical (unpaired) electrons. The van der Waals surface area contributed by atoms with Crippen molar-refractivity contribution in [2.75, 3.05) is 7.11 Å². The molecule has 1 rings (SSSR count). The fourth-order valence-electron chi connectivity index (χ4n) is 1.46. The Bertz CT molecular complexity index is 431. The minimum absolute atomic E-state index is 0.211. The van der Waals surface area contributed by atoms with Gasteiger partial charge in [-0.2, -0.15) is 0 Å². The van der Waals surface area contributed by atoms with Gasteiger partial charge in [-0.05, 0) is 17.7 Å². The molecule has 0 aliphatic carbocycles. The van der Waals surface area contributed by atoms with Gasteiger partial charge >= 0.3 is 5.97 Å². The van der Waals surface area contributed by atoms with Gasteiger partial charge in [-0.25, -0.2) is 13.6 Å². The molecule has 0 saturated carbocycles. The molecule has 17 heavy (non-hydrogen) atoms. The summed E-state index contributed by atoms with van der Waals surface area (Å²) < 4.78 is 31.3. The Kier molecular flexibility index (Phi) is 3.38. The number of ether oxygens (including phenoxy) is 1. The second-order valence-electron chi connectivity index (χ2n) is 3.74. The fraction of sp³-hybridized carbons (Fsp3) is 0.364. The van der Waals surface area contributed by atoms with Gasteiger partial charge in [-0.1, -0.05) is 12.1 Å². The van der Waals surface area contributed by atoms with E-state index < -0.39 is 17.4 Å². The van der Waals surface area contributed by atoms with Gasteiger partial charge in [0.05, 0.1) is 7.11 Å². The van der Waals surface area contributed by atoms with Crippen LogP contribution in [-0.2, 0) is 15.1 Å². The van der Waals surface area contributed by atoms with Gasteiger partial charge in [0.1, 0.15) is 5.75 Å². The van der Waals surface area contributed by atoms with Crippen molar-refractivity contribution in [3.63, 3.8) is 0 Å². The number of aromatic hydroxyl groups is 1. The first kappa shape index (κ1) is 13.4. The Morgan fingerprint density at radius 1 is 1.47 bits per heavy atom. The number of carbonyl (C=O) groups excluding carboxylic acids is 1. The van der Waals surface area contributed by atoms with Gasteiger partial charge in [0.2, 0.25) is 5.54 Å². The number of carbonyl (C=O) groups is 1. The van der Waals surface area contributed by atoms with Crippen LogP contribution in [0.15, 0.2) is 24.3 Å². The predicted octanol–water partition coefficient (Wildman–Crippen LogP) is 1.37. The van der Waals surface area contributed by atoms with E-state index in [0.717, 1.165) is 13.2 Å². The molecule has 0 spiro atoms. The summed E-state index contributed by atoms with van der Waals surface area (Å²) in [6.45, 7) is 0.522. The smallest absolute Gasteiger partial charge is 0.336 e. The first-order chi connectivity index (χ1) is 7.73. The molecule has 0 fully saturated rings. The summed E-state index contributed by atoms with van der Waals surface area (Å²) in [4.78, 5) is 11.5. The van der Waals surface area contributed by atoms with E-state index in [1.54, 1.807) is 0 Å². The third-order valence-corrected chi connectivity index (χ3v) is 2.50. The topological polar surface area (TPSA) is 72.5 Å². The van der Waals surface area contributed by atoms with Crippen molar-refractivity contribution in [2.45, 2.75) is 18.4 Å². The number of hydrogen-bond donors (Lipinski definition) is 2. The summed E-state index contributed by atoms with van der Waals surface area (Å²) in [6.07, 6.45) is 0. The molecule has 1 unspecified atom stereocenters. The zero-order chi connectivity index (χ0) is 13.3. The Labute approximate surface area is 97.0 Å². The van der Waals surface area contributed by atoms with Gasteiger partial charge in [-0.15, -0.1) is 0 Å². The highest BCUT2D eigenvalue weighted by atomic mass is 19.3. The second-order valence-corrected chi connectivity index (χ2v) is 3.74. The summed E-state index contributed by atoms with van der Waals surface area (Å²) in [5.74, 6) is -5.06. The van der Waals surface area contributed by atoms with Crippen LogP contribution in [0.2, 0.25) is 0 Å². The highest BCUT2D eigenvalue weighted by Gasteiger charge is 2.55. The van der Waals surface area contributed by atoms with E-state index in [1.165, 1.54) is 18.2 Å². The van der Waals surface area contributed by atoms with Crippen molar-refractivity contribution in [1.29, 1.82) is 0 Å². The molecule has 0 aromatic heterocycles. The van der Waals surface area contributed by atoms with Crippen LogP contribution in [0.5, 0.6) is 5.75 Å². The molecule has 1 atom stereocenters. The quantitative estimate of drug-likeness (QED) is 0.789. The molecule has 1 aromatic rings. The lowest BCUT2D eigenvalue weighted by atomic mass is 9.85. The summed E-state index contributed by atoms with van der Waals surface area (Å²) in [7, 11) is 0.971. The number of alkyl halides is 2. The molecule has 0 aliphatic rings. The lowest BCUT2D eigenvalue weighted by Gasteiger charge is -2.32. The number of esters is 1. The van der Waals surface area contributed by atoms with Crippen molar-refractivity contribution in [3.05, 3.63) is 29.8 Å². The largest absolute Gasteiger partial charge is 0.508 e. The minimum atomic E-state index is -3.53. The van der Waals surface area contributed by atoms with Crippen molar-refractivity contribution in [3.8, 4) is 5.75 Å². The lowest BCUT2D eigenvalue weighted by Crippen LogP contribution is -2.57. The van der Waals surface area contributed by atoms with E-state index in [0.29, 0.717) is 6.92 Å². The number of phenolic OH excluding ortho intramolecular Hbond substituents is 1. The van der Waals surface area contributed by atoms with E-state index in [2.05, 4.69) is 4.74 Å². The molecule has 0 amide bonds. The van der Waals surface area contributed by atoms with Crippen LogP contribution in [-0.4, -0.2) is 24.1 Å². The molecule has 0 aliphatic heterocycles. The first-order valence-corrected chi connectivity index (χ1v) is 4.78. The number of hydrogen-bond acceptors (Lipinski definition) is 4. The molecular weight excluding hydrogens is 232 g/mol. The Morgan fingerprint density at radius 3 is 2.47 bits per heavy atom. The van der Waals surface area contributed by atoms with Gasteiger partial charge in [-0.3, -0.25) is 0 Å². The first-order valence-electron chi connectivity index (χ1n) is 4.78. The van der Waals surface area contributed by atoms with Crippen molar-refractivity contribution in [1.82, 2.24) is 0 Å². The molecule has 6 heteroatoms. The van der Waals surface area contributed by atoms with Crippen molar-refractivity contribution >= 4 is 5.97 Å². The van der Waals surface area contributed by atoms with Crippen LogP contribution in [0.4, 0.5) is 8.78 Å². The maximum atomic E-state index is 13.5. The lowest BCUT2D eigenvalue weighted by molar-refractivity contribution is -0.164. The molecular formula is C11H13F2NO3. The normalized spacial score (nSPS) is 15.1. The molecule has 1 aromatic carbocycles. The molecule has 94 valence electrons. The number of halogens is 2. The molecule has 0 bridgehead atoms. The molecule has 0 saturated heterocycles. The third kappa shape index (κ3) is 2.21. The average Bonchev–Trinajstić information content (AvgIpc) is 2.25. The van der Waals surface area contributed by atoms with E-state index >= 15 is 0 Å². The number of rotatable bonds is 3. The van der Waals surface area contributed by atoms with Gasteiger partial charge in [0, 0.05) is 6.92 Å². The summed E-state index contributed by atoms with van der Waals surface area (Å²) in [6, 6.07) is 4.85. The number of phenols is 1. The second kappa shape index (κ2) is 4.29. The number of nitrogens with two attached hydrogens (primary N) is 1. The average molecular weight is 245 g/mol. The number of methoxy groups -OCH3 is 1. The van der Waals surface area contributed by atoms with Crippen LogP contribution >= 0.6 is 0 Å². The monoisotopic (exact) mass is 245 g/mol. The SMILES string of the molecule is COC(=O)C(N)(c1cccc(O)c1)C(C)(F)F. The summed E-state index contributed by atoms with van der Waals surface area (Å²) >= 11 is 0. The summed E-state index contributed by atoms with van der Waals surface area (Å²) in [5, 5.41) is 9.24. The van der Waals surface area contributed by atoms with Crippen LogP contribution in [0.25, 0.3) is 0 Å². The number of benzene rings is 1. The standard InChI is InChI=1S/C11H13F2NO3/c1-10(12,13)11(14,9(16)17-2)7-4-3-5-8(15)6-7/h3-6,15H,14H2,1-2H3. The fourth-order valence-corrected chi connectivity index (χ4v) is 1.46. The Morgan fingerprint density at radius 2 is 2.06 bits per heavy atom. The van der Waals surface area contributed by atoms with Crippen LogP contribution in [0.3, 0.4) is 0 Å². The van der Waals surface area contributed by atoms with Crippen LogP contribution in [0, 0.1) is 0 Å². The summed E-state index contributed by atoms with van der Waals surface area (Å²) in [5.41, 5.74) is 2.65. The van der Waals surface area contributed by atoms with E-state index in [-0.39, 0.29) is 11.3 Å². The van der Waals surface area contributed by atoms with Crippen LogP contribution in [0.1, 0.15) is 12.5 Å². The zero-order valence-corrected chi connectivity index (χ0v) is 9.41. The van der Waals surface area contributed by atoms with E-state index in [1.807, 2.05) is 0 Å². The van der Waals surface area contributed by atoms with Gasteiger partial charge in [0.15, 0.2) is 0 Å². The van der Waals surface area contributed by atoms with Gasteiger partial charge < -0.3 is 15.6 Å². The molecule has 4 nitrogen and oxygen atoms in total. The highest BCUT2D eigenvalue weighted by molar-refractivity contribution is 5.83. The van der Waals surface area contributed by atoms with Crippen molar-refractivity contribution < 1.29 is 23.4 Å².